The second-order valence-corrected chi connectivity index (χ2v) is 1.58. The predicted octanol–water partition coefficient (Wildman–Crippen LogP) is 0.959. The molecule has 0 amide bonds. The fourth-order valence-corrected chi connectivity index (χ4v) is 0.178. The molecular weight excluding hydrogens is 104 g/mol. The quantitative estimate of drug-likeness (QED) is 0.244. The Morgan fingerprint density at radius 3 is 2.62 bits per heavy atom. The Kier molecular flexibility index (Phi) is 3.74. The summed E-state index contributed by atoms with van der Waals surface area (Å²) in [5, 5.41) is 13.6. The van der Waals surface area contributed by atoms with Crippen LogP contribution in [0.4, 0.5) is 0 Å². The smallest absolute Gasteiger partial charge is 0.102 e. The van der Waals surface area contributed by atoms with Crippen molar-refractivity contribution in [3.05, 3.63) is 0 Å². The minimum Gasteiger partial charge on any atom is -0.290 e. The average molecular weight is 114 g/mol. The average Bonchev–Trinajstić information content (AvgIpc) is 1.66. The van der Waals surface area contributed by atoms with Crippen molar-refractivity contribution in [3.63, 3.8) is 0 Å². The molecule has 0 aliphatic carbocycles. The molecule has 0 rings (SSSR count). The van der Waals surface area contributed by atoms with E-state index in [9.17, 15) is 0 Å². The minimum absolute atomic E-state index is 0.197. The number of hydrogen-bond donors (Lipinski definition) is 2. The summed E-state index contributed by atoms with van der Waals surface area (Å²) in [6, 6.07) is 0.197. The van der Waals surface area contributed by atoms with Gasteiger partial charge in [0, 0.05) is 0 Å². The highest BCUT2D eigenvalue weighted by Crippen LogP contribution is 1.82. The van der Waals surface area contributed by atoms with Crippen molar-refractivity contribution in [2.45, 2.75) is 19.9 Å². The lowest BCUT2D eigenvalue weighted by atomic mass is 10.4. The maximum atomic E-state index is 6.46. The van der Waals surface area contributed by atoms with Crippen LogP contribution in [-0.2, 0) is 0 Å². The van der Waals surface area contributed by atoms with Gasteiger partial charge in [-0.3, -0.25) is 10.8 Å². The summed E-state index contributed by atoms with van der Waals surface area (Å²) in [5.41, 5.74) is 2.28. The van der Waals surface area contributed by atoms with Gasteiger partial charge in [0.05, 0.1) is 6.04 Å². The highest BCUT2D eigenvalue weighted by Gasteiger charge is 1.81. The van der Waals surface area contributed by atoms with Gasteiger partial charge in [0.25, 0.3) is 0 Å². The van der Waals surface area contributed by atoms with E-state index in [1.807, 2.05) is 13.8 Å². The molecule has 0 aromatic carbocycles. The largest absolute Gasteiger partial charge is 0.290 e. The number of rotatable bonds is 3. The van der Waals surface area contributed by atoms with E-state index in [2.05, 4.69) is 15.8 Å². The molecule has 46 valence electrons. The standard InChI is InChI=1S/C4H10N4/c1-4(2)7-8-6-3-5/h3-4H,1-2H3,(H2,5,6,7). The summed E-state index contributed by atoms with van der Waals surface area (Å²) in [5.74, 6) is 0. The van der Waals surface area contributed by atoms with Crippen LogP contribution in [0.3, 0.4) is 0 Å². The summed E-state index contributed by atoms with van der Waals surface area (Å²) in [6.45, 7) is 3.82. The van der Waals surface area contributed by atoms with E-state index in [1.165, 1.54) is 0 Å². The molecule has 8 heavy (non-hydrogen) atoms. The lowest BCUT2D eigenvalue weighted by Gasteiger charge is -1.89. The molecular formula is C4H10N4. The highest BCUT2D eigenvalue weighted by molar-refractivity contribution is 5.48. The minimum atomic E-state index is 0.197. The van der Waals surface area contributed by atoms with Crippen LogP contribution in [0.1, 0.15) is 13.8 Å². The van der Waals surface area contributed by atoms with Crippen molar-refractivity contribution in [1.29, 1.82) is 5.41 Å². The molecule has 0 aromatic heterocycles. The van der Waals surface area contributed by atoms with Gasteiger partial charge < -0.3 is 0 Å². The van der Waals surface area contributed by atoms with Gasteiger partial charge >= 0.3 is 0 Å². The van der Waals surface area contributed by atoms with Crippen molar-refractivity contribution in [2.24, 2.45) is 10.3 Å². The van der Waals surface area contributed by atoms with Crippen molar-refractivity contribution < 1.29 is 0 Å². The summed E-state index contributed by atoms with van der Waals surface area (Å²) >= 11 is 0. The first-order chi connectivity index (χ1) is 3.77. The third-order valence-electron chi connectivity index (χ3n) is 0.411. The van der Waals surface area contributed by atoms with Gasteiger partial charge in [0.2, 0.25) is 0 Å². The van der Waals surface area contributed by atoms with Gasteiger partial charge in [-0.25, -0.2) is 0 Å². The molecule has 0 aliphatic rings. The van der Waals surface area contributed by atoms with E-state index < -0.39 is 0 Å². The molecule has 0 unspecified atom stereocenters. The number of nitrogens with one attached hydrogen (secondary N) is 2. The summed E-state index contributed by atoms with van der Waals surface area (Å²) in [7, 11) is 0. The zero-order valence-corrected chi connectivity index (χ0v) is 5.05. The first-order valence-electron chi connectivity index (χ1n) is 2.41. The Bertz CT molecular complexity index is 86.0. The van der Waals surface area contributed by atoms with E-state index in [-0.39, 0.29) is 6.04 Å². The van der Waals surface area contributed by atoms with Crippen molar-refractivity contribution in [3.8, 4) is 0 Å². The molecule has 2 N–H and O–H groups in total. The van der Waals surface area contributed by atoms with Crippen LogP contribution in [0.2, 0.25) is 0 Å². The SMILES string of the molecule is CC(C)N=NNC=N. The van der Waals surface area contributed by atoms with Crippen LogP contribution >= 0.6 is 0 Å². The van der Waals surface area contributed by atoms with Gasteiger partial charge in [-0.15, -0.1) is 0 Å². The summed E-state index contributed by atoms with van der Waals surface area (Å²) in [6.07, 6.45) is 0.978. The lowest BCUT2D eigenvalue weighted by Crippen LogP contribution is -1.99. The van der Waals surface area contributed by atoms with Crippen LogP contribution in [0.15, 0.2) is 10.3 Å². The molecule has 0 saturated heterocycles. The second kappa shape index (κ2) is 4.23. The molecule has 4 nitrogen and oxygen atoms in total. The van der Waals surface area contributed by atoms with E-state index in [1.54, 1.807) is 0 Å². The first kappa shape index (κ1) is 7.07. The molecule has 0 saturated carbocycles. The van der Waals surface area contributed by atoms with E-state index in [0.29, 0.717) is 0 Å². The van der Waals surface area contributed by atoms with Crippen molar-refractivity contribution >= 4 is 6.34 Å². The molecule has 0 bridgehead atoms. The lowest BCUT2D eigenvalue weighted by molar-refractivity contribution is 0.723. The topological polar surface area (TPSA) is 60.6 Å². The Morgan fingerprint density at radius 2 is 2.25 bits per heavy atom. The van der Waals surface area contributed by atoms with Crippen LogP contribution in [-0.4, -0.2) is 12.4 Å². The molecule has 0 spiro atoms. The third kappa shape index (κ3) is 5.07. The molecule has 0 radical (unpaired) electrons. The second-order valence-electron chi connectivity index (χ2n) is 1.58. The Hall–Kier alpha value is -0.930. The van der Waals surface area contributed by atoms with Gasteiger partial charge in [-0.1, -0.05) is 5.22 Å². The highest BCUT2D eigenvalue weighted by atomic mass is 15.4. The maximum Gasteiger partial charge on any atom is 0.102 e. The van der Waals surface area contributed by atoms with Crippen LogP contribution in [0, 0.1) is 5.41 Å². The molecule has 0 aromatic rings. The summed E-state index contributed by atoms with van der Waals surface area (Å²) < 4.78 is 0. The molecule has 0 heterocycles. The van der Waals surface area contributed by atoms with Crippen molar-refractivity contribution in [2.75, 3.05) is 0 Å². The molecule has 0 atom stereocenters. The first-order valence-corrected chi connectivity index (χ1v) is 2.41. The summed E-state index contributed by atoms with van der Waals surface area (Å²) in [4.78, 5) is 0. The van der Waals surface area contributed by atoms with Gasteiger partial charge in [-0.05, 0) is 13.8 Å². The van der Waals surface area contributed by atoms with Crippen LogP contribution < -0.4 is 5.43 Å². The van der Waals surface area contributed by atoms with E-state index >= 15 is 0 Å². The van der Waals surface area contributed by atoms with Crippen molar-refractivity contribution in [1.82, 2.24) is 5.43 Å². The van der Waals surface area contributed by atoms with Gasteiger partial charge in [0.15, 0.2) is 0 Å². The fourth-order valence-electron chi connectivity index (χ4n) is 0.178. The Labute approximate surface area is 48.5 Å². The van der Waals surface area contributed by atoms with Crippen LogP contribution in [0.5, 0.6) is 0 Å². The van der Waals surface area contributed by atoms with Gasteiger partial charge in [-0.2, -0.15) is 5.11 Å². The Balaban J connectivity index is 3.19. The zero-order chi connectivity index (χ0) is 6.41. The fraction of sp³-hybridized carbons (Fsp3) is 0.750. The molecule has 4 heteroatoms. The van der Waals surface area contributed by atoms with E-state index in [4.69, 9.17) is 5.41 Å². The maximum absolute atomic E-state index is 6.46. The van der Waals surface area contributed by atoms with E-state index in [0.717, 1.165) is 6.34 Å². The molecule has 0 aliphatic heterocycles. The predicted molar refractivity (Wildman–Crippen MR) is 31.9 cm³/mol. The molecule has 0 fully saturated rings. The van der Waals surface area contributed by atoms with Gasteiger partial charge in [0.1, 0.15) is 6.34 Å². The monoisotopic (exact) mass is 114 g/mol. The normalized spacial score (nSPS) is 10.4. The zero-order valence-electron chi connectivity index (χ0n) is 5.05. The third-order valence-corrected chi connectivity index (χ3v) is 0.411. The number of hydrogen-bond acceptors (Lipinski definition) is 3. The number of nitrogens with zero attached hydrogens (tertiary/aromatic N) is 2. The Morgan fingerprint density at radius 1 is 1.62 bits per heavy atom. The van der Waals surface area contributed by atoms with Crippen LogP contribution in [0.25, 0.3) is 0 Å².